The van der Waals surface area contributed by atoms with Gasteiger partial charge in [0.2, 0.25) is 5.78 Å². The largest absolute Gasteiger partial charge is 0.507 e. The molecule has 4 aromatic rings. The standard InChI is InChI=1S/C21H14O4/c1-12-11-18(23)25-21-14(12)9-10-17(22)19(21)20(24)16-8-4-6-13-5-2-3-7-15(13)16/h2-11,22H,1H3. The van der Waals surface area contributed by atoms with E-state index in [1.165, 1.54) is 12.1 Å². The molecule has 4 heteroatoms. The van der Waals surface area contributed by atoms with Crippen LogP contribution in [0, 0.1) is 6.92 Å². The van der Waals surface area contributed by atoms with Crippen molar-refractivity contribution in [1.29, 1.82) is 0 Å². The predicted octanol–water partition coefficient (Wildman–Crippen LogP) is 4.19. The number of rotatable bonds is 2. The normalized spacial score (nSPS) is 11.1. The van der Waals surface area contributed by atoms with Gasteiger partial charge in [0.1, 0.15) is 11.3 Å². The molecular weight excluding hydrogens is 316 g/mol. The van der Waals surface area contributed by atoms with E-state index >= 15 is 0 Å². The Labute approximate surface area is 143 Å². The van der Waals surface area contributed by atoms with Gasteiger partial charge < -0.3 is 9.52 Å². The molecule has 0 aliphatic heterocycles. The van der Waals surface area contributed by atoms with Gasteiger partial charge in [-0.3, -0.25) is 4.79 Å². The summed E-state index contributed by atoms with van der Waals surface area (Å²) in [5.74, 6) is -0.590. The Kier molecular flexibility index (Phi) is 3.39. The molecule has 1 N–H and O–H groups in total. The molecule has 0 aliphatic rings. The van der Waals surface area contributed by atoms with E-state index in [-0.39, 0.29) is 22.7 Å². The van der Waals surface area contributed by atoms with E-state index in [1.54, 1.807) is 25.1 Å². The SMILES string of the molecule is Cc1cc(=O)oc2c(C(=O)c3cccc4ccccc34)c(O)ccc12. The van der Waals surface area contributed by atoms with Gasteiger partial charge in [-0.15, -0.1) is 0 Å². The number of fused-ring (bicyclic) bond motifs is 2. The zero-order chi connectivity index (χ0) is 17.6. The van der Waals surface area contributed by atoms with Gasteiger partial charge >= 0.3 is 5.63 Å². The highest BCUT2D eigenvalue weighted by Gasteiger charge is 2.21. The summed E-state index contributed by atoms with van der Waals surface area (Å²) in [6.45, 7) is 1.77. The van der Waals surface area contributed by atoms with Gasteiger partial charge in [0.05, 0.1) is 0 Å². The van der Waals surface area contributed by atoms with Gasteiger partial charge in [-0.25, -0.2) is 4.79 Å². The number of aryl methyl sites for hydroxylation is 1. The van der Waals surface area contributed by atoms with E-state index in [4.69, 9.17) is 4.42 Å². The fourth-order valence-corrected chi connectivity index (χ4v) is 3.15. The Morgan fingerprint density at radius 2 is 1.72 bits per heavy atom. The van der Waals surface area contributed by atoms with Crippen LogP contribution in [-0.4, -0.2) is 10.9 Å². The molecular formula is C21H14O4. The molecule has 122 valence electrons. The van der Waals surface area contributed by atoms with Gasteiger partial charge in [-0.1, -0.05) is 42.5 Å². The second kappa shape index (κ2) is 5.60. The number of carbonyl (C=O) groups excluding carboxylic acids is 1. The molecule has 0 aliphatic carbocycles. The fourth-order valence-electron chi connectivity index (χ4n) is 3.15. The van der Waals surface area contributed by atoms with Crippen LogP contribution in [0.2, 0.25) is 0 Å². The summed E-state index contributed by atoms with van der Waals surface area (Å²) in [4.78, 5) is 25.0. The summed E-state index contributed by atoms with van der Waals surface area (Å²) in [5, 5.41) is 12.6. The molecule has 0 unspecified atom stereocenters. The third-order valence-electron chi connectivity index (χ3n) is 4.36. The molecule has 0 radical (unpaired) electrons. The third kappa shape index (κ3) is 2.39. The molecule has 1 aromatic heterocycles. The van der Waals surface area contributed by atoms with Crippen LogP contribution < -0.4 is 5.63 Å². The Morgan fingerprint density at radius 1 is 0.960 bits per heavy atom. The molecule has 4 rings (SSSR count). The van der Waals surface area contributed by atoms with E-state index in [0.717, 1.165) is 10.8 Å². The highest BCUT2D eigenvalue weighted by Crippen LogP contribution is 2.32. The van der Waals surface area contributed by atoms with Crippen molar-refractivity contribution in [2.45, 2.75) is 6.92 Å². The maximum absolute atomic E-state index is 13.2. The minimum Gasteiger partial charge on any atom is -0.507 e. The van der Waals surface area contributed by atoms with Crippen LogP contribution in [0.5, 0.6) is 5.75 Å². The maximum atomic E-state index is 13.2. The Bertz CT molecular complexity index is 1200. The zero-order valence-corrected chi connectivity index (χ0v) is 13.4. The van der Waals surface area contributed by atoms with Crippen molar-refractivity contribution in [3.8, 4) is 5.75 Å². The minimum atomic E-state index is -0.553. The minimum absolute atomic E-state index is 0.00894. The molecule has 25 heavy (non-hydrogen) atoms. The second-order valence-electron chi connectivity index (χ2n) is 5.94. The van der Waals surface area contributed by atoms with Crippen molar-refractivity contribution in [2.75, 3.05) is 0 Å². The summed E-state index contributed by atoms with van der Waals surface area (Å²) >= 11 is 0. The van der Waals surface area contributed by atoms with Crippen LogP contribution in [0.3, 0.4) is 0 Å². The van der Waals surface area contributed by atoms with E-state index in [2.05, 4.69) is 0 Å². The lowest BCUT2D eigenvalue weighted by molar-refractivity contribution is 0.103. The highest BCUT2D eigenvalue weighted by atomic mass is 16.4. The first-order valence-electron chi connectivity index (χ1n) is 7.85. The van der Waals surface area contributed by atoms with Gasteiger partial charge in [-0.05, 0) is 35.4 Å². The topological polar surface area (TPSA) is 67.5 Å². The molecule has 1 heterocycles. The summed E-state index contributed by atoms with van der Waals surface area (Å²) in [6.07, 6.45) is 0. The second-order valence-corrected chi connectivity index (χ2v) is 5.94. The van der Waals surface area contributed by atoms with Gasteiger partial charge in [0.15, 0.2) is 5.58 Å². The van der Waals surface area contributed by atoms with Crippen molar-refractivity contribution in [3.05, 3.63) is 87.8 Å². The van der Waals surface area contributed by atoms with Crippen LogP contribution in [0.4, 0.5) is 0 Å². The van der Waals surface area contributed by atoms with Crippen molar-refractivity contribution in [2.24, 2.45) is 0 Å². The predicted molar refractivity (Wildman–Crippen MR) is 96.3 cm³/mol. The average molecular weight is 330 g/mol. The van der Waals surface area contributed by atoms with Gasteiger partial charge in [0.25, 0.3) is 0 Å². The summed E-state index contributed by atoms with van der Waals surface area (Å²) < 4.78 is 5.27. The van der Waals surface area contributed by atoms with E-state index < -0.39 is 5.63 Å². The van der Waals surface area contributed by atoms with Crippen molar-refractivity contribution in [3.63, 3.8) is 0 Å². The van der Waals surface area contributed by atoms with Crippen LogP contribution >= 0.6 is 0 Å². The highest BCUT2D eigenvalue weighted by molar-refractivity contribution is 6.21. The molecule has 0 saturated carbocycles. The van der Waals surface area contributed by atoms with Crippen molar-refractivity contribution in [1.82, 2.24) is 0 Å². The number of carbonyl (C=O) groups is 1. The first-order valence-corrected chi connectivity index (χ1v) is 7.85. The Balaban J connectivity index is 2.06. The maximum Gasteiger partial charge on any atom is 0.336 e. The van der Waals surface area contributed by atoms with Crippen LogP contribution in [0.25, 0.3) is 21.7 Å². The van der Waals surface area contributed by atoms with Gasteiger partial charge in [-0.2, -0.15) is 0 Å². The number of aromatic hydroxyl groups is 1. The number of hydrogen-bond acceptors (Lipinski definition) is 4. The molecule has 0 bridgehead atoms. The van der Waals surface area contributed by atoms with E-state index in [9.17, 15) is 14.7 Å². The number of phenolic OH excluding ortho intramolecular Hbond substituents is 1. The number of hydrogen-bond donors (Lipinski definition) is 1. The molecule has 3 aromatic carbocycles. The Hall–Kier alpha value is -3.40. The molecule has 0 spiro atoms. The number of ketones is 1. The number of benzene rings is 3. The quantitative estimate of drug-likeness (QED) is 0.442. The molecule has 4 nitrogen and oxygen atoms in total. The average Bonchev–Trinajstić information content (AvgIpc) is 2.60. The van der Waals surface area contributed by atoms with Crippen molar-refractivity contribution >= 4 is 27.5 Å². The van der Waals surface area contributed by atoms with E-state index in [0.29, 0.717) is 16.5 Å². The molecule has 0 atom stereocenters. The summed E-state index contributed by atoms with van der Waals surface area (Å²) in [5.41, 5.74) is 0.712. The van der Waals surface area contributed by atoms with Crippen LogP contribution in [0.1, 0.15) is 21.5 Å². The van der Waals surface area contributed by atoms with Crippen LogP contribution in [0.15, 0.2) is 69.9 Å². The zero-order valence-electron chi connectivity index (χ0n) is 13.4. The van der Waals surface area contributed by atoms with Crippen LogP contribution in [-0.2, 0) is 0 Å². The Morgan fingerprint density at radius 3 is 2.56 bits per heavy atom. The lowest BCUT2D eigenvalue weighted by atomic mass is 9.95. The third-order valence-corrected chi connectivity index (χ3v) is 4.36. The first kappa shape index (κ1) is 15.1. The molecule has 0 saturated heterocycles. The lowest BCUT2D eigenvalue weighted by Crippen LogP contribution is -2.06. The first-order chi connectivity index (χ1) is 12.1. The van der Waals surface area contributed by atoms with Crippen molar-refractivity contribution < 1.29 is 14.3 Å². The molecule has 0 amide bonds. The van der Waals surface area contributed by atoms with E-state index in [1.807, 2.05) is 30.3 Å². The smallest absolute Gasteiger partial charge is 0.336 e. The number of phenols is 1. The monoisotopic (exact) mass is 330 g/mol. The summed E-state index contributed by atoms with van der Waals surface area (Å²) in [7, 11) is 0. The lowest BCUT2D eigenvalue weighted by Gasteiger charge is -2.10. The van der Waals surface area contributed by atoms with Gasteiger partial charge in [0, 0.05) is 17.0 Å². The fraction of sp³-hybridized carbons (Fsp3) is 0.0476. The summed E-state index contributed by atoms with van der Waals surface area (Å²) in [6, 6.07) is 17.4. The molecule has 0 fully saturated rings.